The molecule has 1 heterocycles. The average molecular weight is 293 g/mol. The number of hydrogen-bond donors (Lipinski definition) is 2. The van der Waals surface area contributed by atoms with Crippen molar-refractivity contribution in [2.24, 2.45) is 0 Å². The largest absolute Gasteiger partial charge is 0.494 e. The highest BCUT2D eigenvalue weighted by Crippen LogP contribution is 2.25. The second-order valence-electron chi connectivity index (χ2n) is 4.34. The number of hydrogen-bond acceptors (Lipinski definition) is 5. The number of nitrogens with two attached hydrogens (primary N) is 1. The smallest absolute Gasteiger partial charge is 0.224 e. The van der Waals surface area contributed by atoms with Crippen LogP contribution in [-0.2, 0) is 0 Å². The van der Waals surface area contributed by atoms with E-state index >= 15 is 0 Å². The Kier molecular flexibility index (Phi) is 4.63. The van der Waals surface area contributed by atoms with Crippen molar-refractivity contribution in [3.63, 3.8) is 0 Å². The van der Waals surface area contributed by atoms with Gasteiger partial charge in [0.1, 0.15) is 5.75 Å². The summed E-state index contributed by atoms with van der Waals surface area (Å²) in [5.74, 6) is 1.34. The highest BCUT2D eigenvalue weighted by atomic mass is 35.5. The van der Waals surface area contributed by atoms with Crippen molar-refractivity contribution in [1.82, 2.24) is 9.97 Å². The van der Waals surface area contributed by atoms with Crippen molar-refractivity contribution < 1.29 is 4.74 Å². The number of nitrogens with zero attached hydrogens (tertiary/aromatic N) is 2. The van der Waals surface area contributed by atoms with E-state index < -0.39 is 0 Å². The van der Waals surface area contributed by atoms with Crippen LogP contribution in [0.3, 0.4) is 0 Å². The van der Waals surface area contributed by atoms with Crippen molar-refractivity contribution >= 4 is 28.8 Å². The number of ether oxygens (including phenoxy) is 1. The molecule has 20 heavy (non-hydrogen) atoms. The Balaban J connectivity index is 2.14. The van der Waals surface area contributed by atoms with Crippen molar-refractivity contribution in [3.8, 4) is 5.75 Å². The van der Waals surface area contributed by atoms with E-state index in [1.54, 1.807) is 6.92 Å². The standard InChI is InChI=1S/C14H17ClN4O/c1-3-8-20-11-6-4-10(5-7-11)18-13-12(16)9(2)17-14(15)19-13/h4-7H,3,8,16H2,1-2H3,(H,17,18,19). The van der Waals surface area contributed by atoms with E-state index in [1.165, 1.54) is 0 Å². The van der Waals surface area contributed by atoms with E-state index in [4.69, 9.17) is 22.1 Å². The van der Waals surface area contributed by atoms with Gasteiger partial charge in [-0.25, -0.2) is 4.98 Å². The van der Waals surface area contributed by atoms with Gasteiger partial charge in [0, 0.05) is 5.69 Å². The Morgan fingerprint density at radius 1 is 1.25 bits per heavy atom. The van der Waals surface area contributed by atoms with Crippen LogP contribution < -0.4 is 15.8 Å². The molecule has 0 amide bonds. The zero-order chi connectivity index (χ0) is 14.5. The predicted molar refractivity (Wildman–Crippen MR) is 81.7 cm³/mol. The zero-order valence-electron chi connectivity index (χ0n) is 11.5. The number of aromatic nitrogens is 2. The van der Waals surface area contributed by atoms with Crippen LogP contribution in [0.25, 0.3) is 0 Å². The van der Waals surface area contributed by atoms with Gasteiger partial charge in [-0.05, 0) is 49.2 Å². The number of rotatable bonds is 5. The first-order valence-electron chi connectivity index (χ1n) is 6.39. The van der Waals surface area contributed by atoms with Crippen molar-refractivity contribution in [2.75, 3.05) is 17.7 Å². The quantitative estimate of drug-likeness (QED) is 0.824. The topological polar surface area (TPSA) is 73.1 Å². The fourth-order valence-corrected chi connectivity index (χ4v) is 1.85. The molecular formula is C14H17ClN4O. The number of halogens is 1. The summed E-state index contributed by atoms with van der Waals surface area (Å²) in [6.45, 7) is 4.57. The van der Waals surface area contributed by atoms with Gasteiger partial charge in [-0.1, -0.05) is 6.92 Å². The molecule has 0 bridgehead atoms. The Hall–Kier alpha value is -2.01. The lowest BCUT2D eigenvalue weighted by Crippen LogP contribution is -2.03. The fraction of sp³-hybridized carbons (Fsp3) is 0.286. The Bertz CT molecular complexity index is 586. The maximum atomic E-state index is 5.92. The molecule has 3 N–H and O–H groups in total. The minimum atomic E-state index is 0.169. The lowest BCUT2D eigenvalue weighted by atomic mass is 10.3. The summed E-state index contributed by atoms with van der Waals surface area (Å²) >= 11 is 5.83. The molecule has 1 aromatic carbocycles. The van der Waals surface area contributed by atoms with Crippen LogP contribution in [0.15, 0.2) is 24.3 Å². The summed E-state index contributed by atoms with van der Waals surface area (Å²) in [7, 11) is 0. The summed E-state index contributed by atoms with van der Waals surface area (Å²) < 4.78 is 5.52. The van der Waals surface area contributed by atoms with E-state index in [2.05, 4.69) is 22.2 Å². The lowest BCUT2D eigenvalue weighted by Gasteiger charge is -2.11. The SMILES string of the molecule is CCCOc1ccc(Nc2nc(Cl)nc(C)c2N)cc1. The first-order chi connectivity index (χ1) is 9.60. The number of benzene rings is 1. The third-order valence-corrected chi connectivity index (χ3v) is 2.87. The predicted octanol–water partition coefficient (Wildman–Crippen LogP) is 3.55. The molecule has 0 aliphatic heterocycles. The molecule has 106 valence electrons. The highest BCUT2D eigenvalue weighted by Gasteiger charge is 2.08. The van der Waals surface area contributed by atoms with Crippen molar-refractivity contribution in [1.29, 1.82) is 0 Å². The lowest BCUT2D eigenvalue weighted by molar-refractivity contribution is 0.317. The molecule has 0 aliphatic rings. The van der Waals surface area contributed by atoms with Crippen LogP contribution >= 0.6 is 11.6 Å². The molecule has 1 aromatic heterocycles. The molecule has 5 nitrogen and oxygen atoms in total. The molecule has 0 aliphatic carbocycles. The van der Waals surface area contributed by atoms with Crippen LogP contribution in [0.5, 0.6) is 5.75 Å². The maximum absolute atomic E-state index is 5.92. The van der Waals surface area contributed by atoms with Crippen LogP contribution in [0.2, 0.25) is 5.28 Å². The van der Waals surface area contributed by atoms with Crippen LogP contribution in [0.4, 0.5) is 17.2 Å². The molecule has 2 aromatic rings. The first kappa shape index (κ1) is 14.4. The maximum Gasteiger partial charge on any atom is 0.224 e. The number of anilines is 3. The van der Waals surface area contributed by atoms with Gasteiger partial charge in [0.05, 0.1) is 18.0 Å². The van der Waals surface area contributed by atoms with Crippen molar-refractivity contribution in [3.05, 3.63) is 35.2 Å². The molecule has 0 spiro atoms. The number of nitrogen functional groups attached to an aromatic ring is 1. The van der Waals surface area contributed by atoms with Gasteiger partial charge in [0.15, 0.2) is 5.82 Å². The molecular weight excluding hydrogens is 276 g/mol. The van der Waals surface area contributed by atoms with E-state index in [9.17, 15) is 0 Å². The molecule has 0 unspecified atom stereocenters. The van der Waals surface area contributed by atoms with Gasteiger partial charge in [0.25, 0.3) is 0 Å². The van der Waals surface area contributed by atoms with E-state index in [1.807, 2.05) is 24.3 Å². The third kappa shape index (κ3) is 3.51. The summed E-state index contributed by atoms with van der Waals surface area (Å²) in [6.07, 6.45) is 0.981. The average Bonchev–Trinajstić information content (AvgIpc) is 2.43. The molecule has 0 saturated heterocycles. The molecule has 0 radical (unpaired) electrons. The molecule has 0 fully saturated rings. The third-order valence-electron chi connectivity index (χ3n) is 2.70. The highest BCUT2D eigenvalue weighted by molar-refractivity contribution is 6.28. The van der Waals surface area contributed by atoms with Gasteiger partial charge >= 0.3 is 0 Å². The zero-order valence-corrected chi connectivity index (χ0v) is 12.2. The normalized spacial score (nSPS) is 10.3. The van der Waals surface area contributed by atoms with Gasteiger partial charge < -0.3 is 15.8 Å². The molecule has 2 rings (SSSR count). The molecule has 6 heteroatoms. The minimum absolute atomic E-state index is 0.169. The van der Waals surface area contributed by atoms with Gasteiger partial charge in [-0.2, -0.15) is 4.98 Å². The van der Waals surface area contributed by atoms with Gasteiger partial charge in [0.2, 0.25) is 5.28 Å². The van der Waals surface area contributed by atoms with Gasteiger partial charge in [-0.3, -0.25) is 0 Å². The monoisotopic (exact) mass is 292 g/mol. The van der Waals surface area contributed by atoms with E-state index in [0.29, 0.717) is 23.8 Å². The van der Waals surface area contributed by atoms with E-state index in [0.717, 1.165) is 17.9 Å². The minimum Gasteiger partial charge on any atom is -0.494 e. The summed E-state index contributed by atoms with van der Waals surface area (Å²) in [4.78, 5) is 8.08. The Morgan fingerprint density at radius 2 is 1.95 bits per heavy atom. The van der Waals surface area contributed by atoms with Crippen molar-refractivity contribution in [2.45, 2.75) is 20.3 Å². The Morgan fingerprint density at radius 3 is 2.60 bits per heavy atom. The Labute approximate surface area is 123 Å². The molecule has 0 atom stereocenters. The van der Waals surface area contributed by atoms with Crippen LogP contribution in [-0.4, -0.2) is 16.6 Å². The molecule has 0 saturated carbocycles. The second-order valence-corrected chi connectivity index (χ2v) is 4.68. The fourth-order valence-electron chi connectivity index (χ4n) is 1.63. The second kappa shape index (κ2) is 6.43. The van der Waals surface area contributed by atoms with Gasteiger partial charge in [-0.15, -0.1) is 0 Å². The van der Waals surface area contributed by atoms with Crippen LogP contribution in [0, 0.1) is 6.92 Å². The number of nitrogens with one attached hydrogen (secondary N) is 1. The summed E-state index contributed by atoms with van der Waals surface area (Å²) in [5, 5.41) is 3.29. The summed E-state index contributed by atoms with van der Waals surface area (Å²) in [6, 6.07) is 7.58. The van der Waals surface area contributed by atoms with E-state index in [-0.39, 0.29) is 5.28 Å². The first-order valence-corrected chi connectivity index (χ1v) is 6.77. The number of aryl methyl sites for hydroxylation is 1. The van der Waals surface area contributed by atoms with Crippen LogP contribution in [0.1, 0.15) is 19.0 Å². The summed E-state index contributed by atoms with van der Waals surface area (Å²) in [5.41, 5.74) is 7.92.